The standard InChI is InChI=1S/C10H14Br2N2O2S/c1-13-5-2-6-14-17(15,16)10-7-8(11)3-4-9(10)12/h3-4,7,13-14H,2,5-6H2,1H3. The second-order valence-corrected chi connectivity index (χ2v) is 6.94. The maximum absolute atomic E-state index is 12.0. The lowest BCUT2D eigenvalue weighted by Crippen LogP contribution is -2.27. The second kappa shape index (κ2) is 6.84. The fourth-order valence-corrected chi connectivity index (χ4v) is 3.81. The molecule has 0 fully saturated rings. The van der Waals surface area contributed by atoms with E-state index in [4.69, 9.17) is 0 Å². The summed E-state index contributed by atoms with van der Waals surface area (Å²) < 4.78 is 27.8. The first-order chi connectivity index (χ1) is 7.97. The molecule has 0 spiro atoms. The van der Waals surface area contributed by atoms with Gasteiger partial charge in [0.2, 0.25) is 10.0 Å². The van der Waals surface area contributed by atoms with E-state index >= 15 is 0 Å². The van der Waals surface area contributed by atoms with Gasteiger partial charge in [-0.05, 0) is 54.1 Å². The Labute approximate surface area is 118 Å². The molecule has 96 valence electrons. The molecule has 0 aromatic heterocycles. The van der Waals surface area contributed by atoms with E-state index in [2.05, 4.69) is 41.9 Å². The summed E-state index contributed by atoms with van der Waals surface area (Å²) >= 11 is 6.50. The molecule has 4 nitrogen and oxygen atoms in total. The molecule has 0 saturated heterocycles. The average Bonchev–Trinajstić information content (AvgIpc) is 2.28. The molecule has 0 atom stereocenters. The zero-order valence-corrected chi connectivity index (χ0v) is 13.3. The molecule has 0 bridgehead atoms. The van der Waals surface area contributed by atoms with E-state index in [0.29, 0.717) is 11.0 Å². The van der Waals surface area contributed by atoms with Crippen molar-refractivity contribution in [1.82, 2.24) is 10.0 Å². The van der Waals surface area contributed by atoms with E-state index in [0.717, 1.165) is 17.4 Å². The van der Waals surface area contributed by atoms with Crippen molar-refractivity contribution in [1.29, 1.82) is 0 Å². The Morgan fingerprint density at radius 3 is 2.59 bits per heavy atom. The summed E-state index contributed by atoms with van der Waals surface area (Å²) in [7, 11) is -1.62. The van der Waals surface area contributed by atoms with Crippen molar-refractivity contribution in [3.8, 4) is 0 Å². The van der Waals surface area contributed by atoms with Crippen molar-refractivity contribution in [3.63, 3.8) is 0 Å². The van der Waals surface area contributed by atoms with Crippen molar-refractivity contribution in [2.45, 2.75) is 11.3 Å². The minimum Gasteiger partial charge on any atom is -0.320 e. The summed E-state index contributed by atoms with van der Waals surface area (Å²) in [6, 6.07) is 5.06. The van der Waals surface area contributed by atoms with Crippen molar-refractivity contribution in [2.24, 2.45) is 0 Å². The van der Waals surface area contributed by atoms with Crippen LogP contribution < -0.4 is 10.0 Å². The average molecular weight is 386 g/mol. The van der Waals surface area contributed by atoms with Gasteiger partial charge in [0.15, 0.2) is 0 Å². The van der Waals surface area contributed by atoms with Crippen LogP contribution in [0.4, 0.5) is 0 Å². The van der Waals surface area contributed by atoms with Crippen LogP contribution in [0.25, 0.3) is 0 Å². The molecule has 0 saturated carbocycles. The van der Waals surface area contributed by atoms with Crippen molar-refractivity contribution in [3.05, 3.63) is 27.1 Å². The summed E-state index contributed by atoms with van der Waals surface area (Å²) in [5, 5.41) is 2.96. The molecule has 0 unspecified atom stereocenters. The van der Waals surface area contributed by atoms with E-state index < -0.39 is 10.0 Å². The molecule has 2 N–H and O–H groups in total. The number of hydrogen-bond donors (Lipinski definition) is 2. The number of sulfonamides is 1. The predicted molar refractivity (Wildman–Crippen MR) is 75.6 cm³/mol. The maximum atomic E-state index is 12.0. The highest BCUT2D eigenvalue weighted by Gasteiger charge is 2.17. The Morgan fingerprint density at radius 2 is 1.94 bits per heavy atom. The SMILES string of the molecule is CNCCCNS(=O)(=O)c1cc(Br)ccc1Br. The molecule has 17 heavy (non-hydrogen) atoms. The molecule has 1 aromatic carbocycles. The number of benzene rings is 1. The lowest BCUT2D eigenvalue weighted by molar-refractivity contribution is 0.576. The Hall–Kier alpha value is 0.0500. The quantitative estimate of drug-likeness (QED) is 0.737. The monoisotopic (exact) mass is 384 g/mol. The minimum absolute atomic E-state index is 0.247. The van der Waals surface area contributed by atoms with Gasteiger partial charge in [-0.15, -0.1) is 0 Å². The summed E-state index contributed by atoms with van der Waals surface area (Å²) in [5.41, 5.74) is 0. The summed E-state index contributed by atoms with van der Waals surface area (Å²) in [5.74, 6) is 0. The van der Waals surface area contributed by atoms with Crippen molar-refractivity contribution in [2.75, 3.05) is 20.1 Å². The van der Waals surface area contributed by atoms with Crippen LogP contribution >= 0.6 is 31.9 Å². The molecular formula is C10H14Br2N2O2S. The summed E-state index contributed by atoms with van der Waals surface area (Å²) in [6.45, 7) is 1.20. The van der Waals surface area contributed by atoms with Gasteiger partial charge < -0.3 is 5.32 Å². The Morgan fingerprint density at radius 1 is 1.24 bits per heavy atom. The van der Waals surface area contributed by atoms with Gasteiger partial charge >= 0.3 is 0 Å². The van der Waals surface area contributed by atoms with Gasteiger partial charge in [0.25, 0.3) is 0 Å². The first kappa shape index (κ1) is 15.1. The highest BCUT2D eigenvalue weighted by Crippen LogP contribution is 2.25. The van der Waals surface area contributed by atoms with Crippen LogP contribution in [-0.4, -0.2) is 28.6 Å². The Kier molecular flexibility index (Phi) is 6.08. The number of halogens is 2. The van der Waals surface area contributed by atoms with Gasteiger partial charge in [0.05, 0.1) is 4.90 Å². The van der Waals surface area contributed by atoms with Crippen LogP contribution in [-0.2, 0) is 10.0 Å². The van der Waals surface area contributed by atoms with Gasteiger partial charge in [0, 0.05) is 15.5 Å². The van der Waals surface area contributed by atoms with E-state index in [9.17, 15) is 8.42 Å². The van der Waals surface area contributed by atoms with Crippen LogP contribution in [0.3, 0.4) is 0 Å². The third-order valence-electron chi connectivity index (χ3n) is 2.08. The summed E-state index contributed by atoms with van der Waals surface area (Å²) in [4.78, 5) is 0.247. The first-order valence-corrected chi connectivity index (χ1v) is 8.13. The molecule has 1 rings (SSSR count). The largest absolute Gasteiger partial charge is 0.320 e. The molecular weight excluding hydrogens is 372 g/mol. The van der Waals surface area contributed by atoms with Gasteiger partial charge in [-0.2, -0.15) is 0 Å². The molecule has 7 heteroatoms. The first-order valence-electron chi connectivity index (χ1n) is 5.06. The van der Waals surface area contributed by atoms with Crippen molar-refractivity contribution < 1.29 is 8.42 Å². The third kappa shape index (κ3) is 4.67. The Bertz CT molecular complexity index is 477. The van der Waals surface area contributed by atoms with E-state index in [-0.39, 0.29) is 4.90 Å². The zero-order chi connectivity index (χ0) is 12.9. The molecule has 0 aliphatic heterocycles. The number of rotatable bonds is 6. The highest BCUT2D eigenvalue weighted by atomic mass is 79.9. The molecule has 0 aliphatic carbocycles. The number of nitrogens with one attached hydrogen (secondary N) is 2. The normalized spacial score (nSPS) is 11.7. The lowest BCUT2D eigenvalue weighted by atomic mass is 10.4. The highest BCUT2D eigenvalue weighted by molar-refractivity contribution is 9.11. The minimum atomic E-state index is -3.45. The molecule has 0 heterocycles. The maximum Gasteiger partial charge on any atom is 0.241 e. The van der Waals surface area contributed by atoms with Crippen LogP contribution in [0, 0.1) is 0 Å². The van der Waals surface area contributed by atoms with Gasteiger partial charge in [-0.25, -0.2) is 13.1 Å². The molecule has 1 aromatic rings. The van der Waals surface area contributed by atoms with Gasteiger partial charge in [-0.3, -0.25) is 0 Å². The van der Waals surface area contributed by atoms with Gasteiger partial charge in [0.1, 0.15) is 0 Å². The molecule has 0 aliphatic rings. The topological polar surface area (TPSA) is 58.2 Å². The summed E-state index contributed by atoms with van der Waals surface area (Å²) in [6.07, 6.45) is 0.751. The second-order valence-electron chi connectivity index (χ2n) is 3.43. The van der Waals surface area contributed by atoms with Crippen LogP contribution in [0.15, 0.2) is 32.0 Å². The van der Waals surface area contributed by atoms with E-state index in [1.54, 1.807) is 18.2 Å². The Balaban J connectivity index is 2.79. The van der Waals surface area contributed by atoms with Crippen LogP contribution in [0.2, 0.25) is 0 Å². The van der Waals surface area contributed by atoms with Crippen LogP contribution in [0.1, 0.15) is 6.42 Å². The predicted octanol–water partition coefficient (Wildman–Crippen LogP) is 2.10. The van der Waals surface area contributed by atoms with E-state index in [1.807, 2.05) is 7.05 Å². The van der Waals surface area contributed by atoms with Gasteiger partial charge in [-0.1, -0.05) is 15.9 Å². The van der Waals surface area contributed by atoms with Crippen molar-refractivity contribution >= 4 is 41.9 Å². The zero-order valence-electron chi connectivity index (χ0n) is 9.33. The molecule has 0 radical (unpaired) electrons. The van der Waals surface area contributed by atoms with Crippen LogP contribution in [0.5, 0.6) is 0 Å². The third-order valence-corrected chi connectivity index (χ3v) is 5.03. The van der Waals surface area contributed by atoms with E-state index in [1.165, 1.54) is 0 Å². The fourth-order valence-electron chi connectivity index (χ4n) is 1.23. The molecule has 0 amide bonds. The number of hydrogen-bond acceptors (Lipinski definition) is 3. The smallest absolute Gasteiger partial charge is 0.241 e. The lowest BCUT2D eigenvalue weighted by Gasteiger charge is -2.08. The fraction of sp³-hybridized carbons (Fsp3) is 0.400.